The maximum atomic E-state index is 5.33. The molecule has 1 aromatic rings. The second-order valence-corrected chi connectivity index (χ2v) is 2.05. The van der Waals surface area contributed by atoms with E-state index in [1.165, 1.54) is 0 Å². The molecule has 0 saturated carbocycles. The van der Waals surface area contributed by atoms with Gasteiger partial charge in [0.2, 0.25) is 0 Å². The minimum Gasteiger partial charge on any atom is -0.324 e. The van der Waals surface area contributed by atoms with Crippen molar-refractivity contribution >= 4 is 0 Å². The third kappa shape index (κ3) is 1.48. The van der Waals surface area contributed by atoms with E-state index in [9.17, 15) is 0 Å². The summed E-state index contributed by atoms with van der Waals surface area (Å²) in [7, 11) is 0. The Balaban J connectivity index is 3.06. The van der Waals surface area contributed by atoms with Crippen molar-refractivity contribution in [3.63, 3.8) is 0 Å². The highest BCUT2D eigenvalue weighted by molar-refractivity contribution is 4.93. The number of nitrogens with zero attached hydrogens (tertiary/aromatic N) is 3. The van der Waals surface area contributed by atoms with Gasteiger partial charge >= 0.3 is 0 Å². The van der Waals surface area contributed by atoms with Crippen LogP contribution >= 0.6 is 0 Å². The van der Waals surface area contributed by atoms with Gasteiger partial charge in [0.25, 0.3) is 0 Å². The molecule has 1 rings (SSSR count). The maximum absolute atomic E-state index is 5.33. The normalized spacial score (nSPS) is 9.90. The van der Waals surface area contributed by atoms with Crippen LogP contribution in [0.1, 0.15) is 17.5 Å². The Kier molecular flexibility index (Phi) is 1.91. The van der Waals surface area contributed by atoms with Crippen molar-refractivity contribution in [3.8, 4) is 0 Å². The summed E-state index contributed by atoms with van der Waals surface area (Å²) >= 11 is 0. The van der Waals surface area contributed by atoms with Crippen LogP contribution in [0.25, 0.3) is 0 Å². The largest absolute Gasteiger partial charge is 0.324 e. The minimum atomic E-state index is 0.379. The first kappa shape index (κ1) is 7.08. The zero-order chi connectivity index (χ0) is 7.56. The molecule has 1 heterocycles. The molecule has 0 saturated heterocycles. The summed E-state index contributed by atoms with van der Waals surface area (Å²) in [5, 5.41) is 0. The van der Waals surface area contributed by atoms with Crippen molar-refractivity contribution in [1.29, 1.82) is 0 Å². The fraction of sp³-hybridized carbons (Fsp3) is 0.500. The summed E-state index contributed by atoms with van der Waals surface area (Å²) in [6.07, 6.45) is 0. The predicted molar refractivity (Wildman–Crippen MR) is 37.2 cm³/mol. The third-order valence-electron chi connectivity index (χ3n) is 1.09. The molecule has 0 spiro atoms. The van der Waals surface area contributed by atoms with E-state index in [1.54, 1.807) is 0 Å². The second kappa shape index (κ2) is 2.70. The third-order valence-corrected chi connectivity index (χ3v) is 1.09. The summed E-state index contributed by atoms with van der Waals surface area (Å²) in [5.41, 5.74) is 5.33. The molecule has 4 heteroatoms. The molecule has 10 heavy (non-hydrogen) atoms. The lowest BCUT2D eigenvalue weighted by molar-refractivity contribution is 0.816. The first-order valence-corrected chi connectivity index (χ1v) is 3.10. The molecule has 4 nitrogen and oxygen atoms in total. The van der Waals surface area contributed by atoms with E-state index in [-0.39, 0.29) is 0 Å². The lowest BCUT2D eigenvalue weighted by atomic mass is 10.5. The second-order valence-electron chi connectivity index (χ2n) is 2.05. The average molecular weight is 138 g/mol. The van der Waals surface area contributed by atoms with E-state index >= 15 is 0 Å². The fourth-order valence-electron chi connectivity index (χ4n) is 0.774. The van der Waals surface area contributed by atoms with Gasteiger partial charge in [-0.2, -0.15) is 0 Å². The quantitative estimate of drug-likeness (QED) is 0.590. The van der Waals surface area contributed by atoms with Gasteiger partial charge < -0.3 is 5.73 Å². The molecule has 0 aliphatic heterocycles. The molecular weight excluding hydrogens is 128 g/mol. The van der Waals surface area contributed by atoms with Crippen molar-refractivity contribution in [2.75, 3.05) is 0 Å². The molecule has 0 aliphatic carbocycles. The number of aryl methyl sites for hydroxylation is 2. The van der Waals surface area contributed by atoms with Crippen molar-refractivity contribution in [1.82, 2.24) is 15.0 Å². The first-order chi connectivity index (χ1) is 4.72. The van der Waals surface area contributed by atoms with Crippen molar-refractivity contribution in [2.45, 2.75) is 20.4 Å². The topological polar surface area (TPSA) is 64.7 Å². The highest BCUT2D eigenvalue weighted by Crippen LogP contribution is 1.91. The van der Waals surface area contributed by atoms with Gasteiger partial charge in [-0.3, -0.25) is 0 Å². The van der Waals surface area contributed by atoms with Crippen LogP contribution in [0.2, 0.25) is 0 Å². The molecular formula is C6H10N4. The summed E-state index contributed by atoms with van der Waals surface area (Å²) in [5.74, 6) is 2.12. The number of nitrogens with two attached hydrogens (primary N) is 1. The summed E-state index contributed by atoms with van der Waals surface area (Å²) in [6, 6.07) is 0. The van der Waals surface area contributed by atoms with Gasteiger partial charge in [0.1, 0.15) is 17.5 Å². The van der Waals surface area contributed by atoms with Crippen molar-refractivity contribution in [2.24, 2.45) is 5.73 Å². The van der Waals surface area contributed by atoms with Gasteiger partial charge in [-0.1, -0.05) is 0 Å². The zero-order valence-corrected chi connectivity index (χ0v) is 6.13. The molecule has 0 atom stereocenters. The molecule has 54 valence electrons. The summed E-state index contributed by atoms with van der Waals surface area (Å²) < 4.78 is 0. The van der Waals surface area contributed by atoms with Gasteiger partial charge in [0.05, 0.1) is 6.54 Å². The van der Waals surface area contributed by atoms with Crippen LogP contribution in [0.5, 0.6) is 0 Å². The van der Waals surface area contributed by atoms with Crippen LogP contribution in [0, 0.1) is 13.8 Å². The first-order valence-electron chi connectivity index (χ1n) is 3.10. The van der Waals surface area contributed by atoms with E-state index in [0.29, 0.717) is 12.4 Å². The highest BCUT2D eigenvalue weighted by atomic mass is 15.0. The van der Waals surface area contributed by atoms with E-state index in [4.69, 9.17) is 5.73 Å². The lowest BCUT2D eigenvalue weighted by Gasteiger charge is -1.97. The van der Waals surface area contributed by atoms with Crippen molar-refractivity contribution in [3.05, 3.63) is 17.5 Å². The van der Waals surface area contributed by atoms with Gasteiger partial charge in [-0.05, 0) is 13.8 Å². The molecule has 0 aromatic carbocycles. The van der Waals surface area contributed by atoms with Crippen LogP contribution in [0.4, 0.5) is 0 Å². The van der Waals surface area contributed by atoms with Gasteiger partial charge in [-0.15, -0.1) is 0 Å². The molecule has 0 unspecified atom stereocenters. The molecule has 0 bridgehead atoms. The number of hydrogen-bond acceptors (Lipinski definition) is 4. The van der Waals surface area contributed by atoms with Crippen LogP contribution in [-0.4, -0.2) is 15.0 Å². The molecule has 1 aromatic heterocycles. The Morgan fingerprint density at radius 1 is 1.10 bits per heavy atom. The summed E-state index contributed by atoms with van der Waals surface area (Å²) in [6.45, 7) is 4.03. The number of aromatic nitrogens is 3. The molecule has 0 amide bonds. The van der Waals surface area contributed by atoms with Crippen LogP contribution in [-0.2, 0) is 6.54 Å². The fourth-order valence-corrected chi connectivity index (χ4v) is 0.774. The van der Waals surface area contributed by atoms with E-state index in [2.05, 4.69) is 15.0 Å². The Bertz CT molecular complexity index is 213. The Labute approximate surface area is 59.5 Å². The van der Waals surface area contributed by atoms with Crippen LogP contribution in [0.15, 0.2) is 0 Å². The Morgan fingerprint density at radius 3 is 2.00 bits per heavy atom. The highest BCUT2D eigenvalue weighted by Gasteiger charge is 1.95. The monoisotopic (exact) mass is 138 g/mol. The molecule has 0 aliphatic rings. The molecule has 0 fully saturated rings. The lowest BCUT2D eigenvalue weighted by Crippen LogP contribution is -2.07. The smallest absolute Gasteiger partial charge is 0.146 e. The Morgan fingerprint density at radius 2 is 1.60 bits per heavy atom. The SMILES string of the molecule is Cc1nc(C)nc(CN)n1. The van der Waals surface area contributed by atoms with E-state index in [1.807, 2.05) is 13.8 Å². The number of rotatable bonds is 1. The summed E-state index contributed by atoms with van der Waals surface area (Å²) in [4.78, 5) is 12.0. The van der Waals surface area contributed by atoms with Crippen LogP contribution < -0.4 is 5.73 Å². The Hall–Kier alpha value is -1.03. The standard InChI is InChI=1S/C6H10N4/c1-4-8-5(2)10-6(3-7)9-4/h3,7H2,1-2H3. The minimum absolute atomic E-state index is 0.379. The zero-order valence-electron chi connectivity index (χ0n) is 6.13. The predicted octanol–water partition coefficient (Wildman–Crippen LogP) is -0.0529. The molecule has 2 N–H and O–H groups in total. The molecule has 0 radical (unpaired) electrons. The van der Waals surface area contributed by atoms with Gasteiger partial charge in [0, 0.05) is 0 Å². The van der Waals surface area contributed by atoms with Gasteiger partial charge in [0.15, 0.2) is 0 Å². The van der Waals surface area contributed by atoms with Crippen LogP contribution in [0.3, 0.4) is 0 Å². The maximum Gasteiger partial charge on any atom is 0.146 e. The average Bonchev–Trinajstić information content (AvgIpc) is 1.85. The van der Waals surface area contributed by atoms with Crippen molar-refractivity contribution < 1.29 is 0 Å². The van der Waals surface area contributed by atoms with E-state index in [0.717, 1.165) is 11.6 Å². The number of hydrogen-bond donors (Lipinski definition) is 1. The van der Waals surface area contributed by atoms with Gasteiger partial charge in [-0.25, -0.2) is 15.0 Å². The van der Waals surface area contributed by atoms with E-state index < -0.39 is 0 Å².